The molecule has 0 saturated heterocycles. The van der Waals surface area contributed by atoms with Crippen molar-refractivity contribution in [3.63, 3.8) is 0 Å². The van der Waals surface area contributed by atoms with E-state index in [2.05, 4.69) is 0 Å². The largest absolute Gasteiger partial charge is 0.497 e. The summed E-state index contributed by atoms with van der Waals surface area (Å²) >= 11 is 6.20. The molecule has 0 spiro atoms. The van der Waals surface area contributed by atoms with E-state index in [1.807, 2.05) is 31.2 Å². The number of aldehydes is 1. The van der Waals surface area contributed by atoms with Crippen molar-refractivity contribution in [3.8, 4) is 16.9 Å². The highest BCUT2D eigenvalue weighted by Gasteiger charge is 2.08. The quantitative estimate of drug-likeness (QED) is 0.776. The van der Waals surface area contributed by atoms with Gasteiger partial charge in [0.1, 0.15) is 12.0 Å². The van der Waals surface area contributed by atoms with Gasteiger partial charge in [0.25, 0.3) is 0 Å². The predicted octanol–water partition coefficient (Wildman–Crippen LogP) is 4.14. The molecule has 0 amide bonds. The summed E-state index contributed by atoms with van der Waals surface area (Å²) in [5, 5.41) is 0.577. The average Bonchev–Trinajstić information content (AvgIpc) is 2.39. The summed E-state index contributed by atoms with van der Waals surface area (Å²) in [7, 11) is 1.64. The molecule has 0 atom stereocenters. The van der Waals surface area contributed by atoms with E-state index < -0.39 is 0 Å². The third-order valence-corrected chi connectivity index (χ3v) is 3.17. The third kappa shape index (κ3) is 2.39. The fraction of sp³-hybridized carbons (Fsp3) is 0.133. The molecule has 2 nitrogen and oxygen atoms in total. The molecular formula is C15H13ClO2. The SMILES string of the molecule is COc1ccc(-c2ccc(C=O)cc2Cl)c(C)c1. The summed E-state index contributed by atoms with van der Waals surface area (Å²) in [4.78, 5) is 10.7. The molecule has 0 unspecified atom stereocenters. The zero-order valence-corrected chi connectivity index (χ0v) is 11.0. The number of aryl methyl sites for hydroxylation is 1. The average molecular weight is 261 g/mol. The first-order chi connectivity index (χ1) is 8.65. The van der Waals surface area contributed by atoms with Crippen molar-refractivity contribution in [2.75, 3.05) is 7.11 Å². The van der Waals surface area contributed by atoms with Crippen LogP contribution < -0.4 is 4.74 Å². The molecule has 0 aliphatic heterocycles. The minimum absolute atomic E-state index is 0.577. The van der Waals surface area contributed by atoms with Gasteiger partial charge in [0.05, 0.1) is 7.11 Å². The molecule has 0 fully saturated rings. The van der Waals surface area contributed by atoms with Crippen molar-refractivity contribution >= 4 is 17.9 Å². The molecule has 0 aliphatic carbocycles. The first-order valence-electron chi connectivity index (χ1n) is 5.55. The van der Waals surface area contributed by atoms with Gasteiger partial charge in [0, 0.05) is 16.1 Å². The number of methoxy groups -OCH3 is 1. The van der Waals surface area contributed by atoms with Gasteiger partial charge < -0.3 is 4.74 Å². The second-order valence-electron chi connectivity index (χ2n) is 4.04. The first-order valence-corrected chi connectivity index (χ1v) is 5.93. The highest BCUT2D eigenvalue weighted by Crippen LogP contribution is 2.32. The number of carbonyl (C=O) groups is 1. The summed E-state index contributed by atoms with van der Waals surface area (Å²) in [6.45, 7) is 2.00. The summed E-state index contributed by atoms with van der Waals surface area (Å²) in [5.41, 5.74) is 3.62. The van der Waals surface area contributed by atoms with E-state index in [9.17, 15) is 4.79 Å². The number of rotatable bonds is 3. The molecular weight excluding hydrogens is 248 g/mol. The normalized spacial score (nSPS) is 10.2. The van der Waals surface area contributed by atoms with Gasteiger partial charge in [-0.1, -0.05) is 29.8 Å². The Morgan fingerprint density at radius 3 is 2.39 bits per heavy atom. The Hall–Kier alpha value is -1.80. The maximum absolute atomic E-state index is 10.7. The van der Waals surface area contributed by atoms with E-state index in [0.717, 1.165) is 28.7 Å². The van der Waals surface area contributed by atoms with Crippen LogP contribution in [0.3, 0.4) is 0 Å². The Balaban J connectivity index is 2.51. The third-order valence-electron chi connectivity index (χ3n) is 2.85. The number of hydrogen-bond donors (Lipinski definition) is 0. The Labute approximate surface area is 111 Å². The van der Waals surface area contributed by atoms with Crippen molar-refractivity contribution < 1.29 is 9.53 Å². The predicted molar refractivity (Wildman–Crippen MR) is 73.6 cm³/mol. The van der Waals surface area contributed by atoms with Crippen LogP contribution in [-0.2, 0) is 0 Å². The van der Waals surface area contributed by atoms with Gasteiger partial charge in [-0.2, -0.15) is 0 Å². The van der Waals surface area contributed by atoms with E-state index in [1.54, 1.807) is 19.2 Å². The van der Waals surface area contributed by atoms with E-state index in [-0.39, 0.29) is 0 Å². The number of benzene rings is 2. The van der Waals surface area contributed by atoms with Crippen LogP contribution in [0.1, 0.15) is 15.9 Å². The van der Waals surface area contributed by atoms with Crippen molar-refractivity contribution in [2.24, 2.45) is 0 Å². The van der Waals surface area contributed by atoms with Crippen molar-refractivity contribution in [1.82, 2.24) is 0 Å². The van der Waals surface area contributed by atoms with Gasteiger partial charge in [-0.3, -0.25) is 4.79 Å². The van der Waals surface area contributed by atoms with E-state index in [1.165, 1.54) is 0 Å². The first kappa shape index (κ1) is 12.7. The number of ether oxygens (including phenoxy) is 1. The molecule has 2 rings (SSSR count). The van der Waals surface area contributed by atoms with Crippen LogP contribution in [0.2, 0.25) is 5.02 Å². The van der Waals surface area contributed by atoms with Gasteiger partial charge >= 0.3 is 0 Å². The standard InChI is InChI=1S/C15H13ClO2/c1-10-7-12(18-2)4-6-13(10)14-5-3-11(9-17)8-15(14)16/h3-9H,1-2H3. The van der Waals surface area contributed by atoms with E-state index >= 15 is 0 Å². The van der Waals surface area contributed by atoms with Crippen LogP contribution in [0.25, 0.3) is 11.1 Å². The van der Waals surface area contributed by atoms with Gasteiger partial charge in [-0.05, 0) is 36.2 Å². The van der Waals surface area contributed by atoms with Gasteiger partial charge in [0.15, 0.2) is 0 Å². The lowest BCUT2D eigenvalue weighted by molar-refractivity contribution is 0.112. The van der Waals surface area contributed by atoms with Crippen molar-refractivity contribution in [1.29, 1.82) is 0 Å². The molecule has 0 saturated carbocycles. The molecule has 92 valence electrons. The smallest absolute Gasteiger partial charge is 0.150 e. The fourth-order valence-corrected chi connectivity index (χ4v) is 2.18. The lowest BCUT2D eigenvalue weighted by Crippen LogP contribution is -1.89. The topological polar surface area (TPSA) is 26.3 Å². The summed E-state index contributed by atoms with van der Waals surface area (Å²) in [6.07, 6.45) is 0.788. The zero-order chi connectivity index (χ0) is 13.1. The summed E-state index contributed by atoms with van der Waals surface area (Å²) in [5.74, 6) is 0.817. The number of carbonyl (C=O) groups excluding carboxylic acids is 1. The monoisotopic (exact) mass is 260 g/mol. The van der Waals surface area contributed by atoms with Crippen LogP contribution in [-0.4, -0.2) is 13.4 Å². The molecule has 0 aliphatic rings. The Morgan fingerprint density at radius 2 is 1.83 bits per heavy atom. The highest BCUT2D eigenvalue weighted by atomic mass is 35.5. The van der Waals surface area contributed by atoms with Crippen LogP contribution >= 0.6 is 11.6 Å². The van der Waals surface area contributed by atoms with Crippen LogP contribution in [0.4, 0.5) is 0 Å². The van der Waals surface area contributed by atoms with Gasteiger partial charge in [-0.15, -0.1) is 0 Å². The molecule has 18 heavy (non-hydrogen) atoms. The molecule has 0 N–H and O–H groups in total. The second-order valence-corrected chi connectivity index (χ2v) is 4.45. The lowest BCUT2D eigenvalue weighted by atomic mass is 9.99. The number of hydrogen-bond acceptors (Lipinski definition) is 2. The highest BCUT2D eigenvalue weighted by molar-refractivity contribution is 6.33. The summed E-state index contributed by atoms with van der Waals surface area (Å²) in [6, 6.07) is 11.1. The maximum atomic E-state index is 10.7. The van der Waals surface area contributed by atoms with Gasteiger partial charge in [0.2, 0.25) is 0 Å². The van der Waals surface area contributed by atoms with E-state index in [4.69, 9.17) is 16.3 Å². The minimum atomic E-state index is 0.577. The van der Waals surface area contributed by atoms with Crippen molar-refractivity contribution in [3.05, 3.63) is 52.5 Å². The molecule has 0 heterocycles. The van der Waals surface area contributed by atoms with Crippen molar-refractivity contribution in [2.45, 2.75) is 6.92 Å². The van der Waals surface area contributed by atoms with Crippen LogP contribution in [0, 0.1) is 6.92 Å². The molecule has 2 aromatic rings. The van der Waals surface area contributed by atoms with E-state index in [0.29, 0.717) is 10.6 Å². The molecule has 0 aromatic heterocycles. The Kier molecular flexibility index (Phi) is 3.68. The Morgan fingerprint density at radius 1 is 1.11 bits per heavy atom. The molecule has 3 heteroatoms. The van der Waals surface area contributed by atoms with Gasteiger partial charge in [-0.25, -0.2) is 0 Å². The molecule has 0 bridgehead atoms. The summed E-state index contributed by atoms with van der Waals surface area (Å²) < 4.78 is 5.17. The second kappa shape index (κ2) is 5.23. The minimum Gasteiger partial charge on any atom is -0.497 e. The lowest BCUT2D eigenvalue weighted by Gasteiger charge is -2.10. The zero-order valence-electron chi connectivity index (χ0n) is 10.2. The fourth-order valence-electron chi connectivity index (χ4n) is 1.89. The molecule has 0 radical (unpaired) electrons. The maximum Gasteiger partial charge on any atom is 0.150 e. The van der Waals surface area contributed by atoms with Crippen LogP contribution in [0.15, 0.2) is 36.4 Å². The number of halogens is 1. The molecule has 2 aromatic carbocycles. The van der Waals surface area contributed by atoms with Crippen LogP contribution in [0.5, 0.6) is 5.75 Å². The Bertz CT molecular complexity index is 591.